The summed E-state index contributed by atoms with van der Waals surface area (Å²) < 4.78 is 11.4. The number of anilines is 1. The minimum atomic E-state index is -1.46. The third kappa shape index (κ3) is 4.35. The van der Waals surface area contributed by atoms with Crippen LogP contribution in [0.5, 0.6) is 17.2 Å². The molecule has 1 fully saturated rings. The molecule has 3 aromatic carbocycles. The molecule has 10 heteroatoms. The number of ether oxygens (including phenoxy) is 2. The summed E-state index contributed by atoms with van der Waals surface area (Å²) in [6, 6.07) is 15.1. The monoisotopic (exact) mass is 642 g/mol. The zero-order valence-corrected chi connectivity index (χ0v) is 24.7. The summed E-state index contributed by atoms with van der Waals surface area (Å²) >= 11 is 16.0. The lowest BCUT2D eigenvalue weighted by molar-refractivity contribution is -0.138. The summed E-state index contributed by atoms with van der Waals surface area (Å²) in [7, 11) is 3.00. The Hall–Kier alpha value is -3.46. The van der Waals surface area contributed by atoms with Crippen LogP contribution in [0.2, 0.25) is 10.0 Å². The molecule has 0 aromatic heterocycles. The highest BCUT2D eigenvalue weighted by molar-refractivity contribution is 9.10. The molecule has 1 heterocycles. The summed E-state index contributed by atoms with van der Waals surface area (Å²) in [4.78, 5) is 28.8. The van der Waals surface area contributed by atoms with E-state index in [4.69, 9.17) is 32.7 Å². The minimum Gasteiger partial charge on any atom is -0.504 e. The molecule has 40 heavy (non-hydrogen) atoms. The number of phenols is 1. The first kappa shape index (κ1) is 28.1. The molecule has 0 radical (unpaired) electrons. The molecule has 3 aromatic rings. The summed E-state index contributed by atoms with van der Waals surface area (Å²) in [6.07, 6.45) is 3.82. The molecule has 1 aliphatic carbocycles. The zero-order valence-electron chi connectivity index (χ0n) is 21.6. The topological polar surface area (TPSA) is 88.1 Å². The standard InChI is InChI=1S/C30H25BrCl2N2O5/c1-4-16-5-11-22-28(37)35(34-24-12-8-19(32)15-23(24)33)29(38)30(22,17-6-9-20(39-2)10-7-17)26(16)21-13-18(31)14-25(40-3)27(21)36/h4-10,12-15,22,26,34,36H,1,11H2,2-3H3. The number of hydrogen-bond acceptors (Lipinski definition) is 6. The lowest BCUT2D eigenvalue weighted by Crippen LogP contribution is -2.48. The number of nitrogens with one attached hydrogen (secondary N) is 1. The minimum absolute atomic E-state index is 0.135. The van der Waals surface area contributed by atoms with Gasteiger partial charge in [-0.25, -0.2) is 0 Å². The number of hydrogen-bond donors (Lipinski definition) is 2. The van der Waals surface area contributed by atoms with Crippen molar-refractivity contribution in [2.24, 2.45) is 5.92 Å². The second kappa shape index (κ2) is 10.8. The number of carbonyl (C=O) groups excluding carboxylic acids is 2. The number of phenolic OH excluding ortho intramolecular Hbond substituents is 1. The molecule has 7 nitrogen and oxygen atoms in total. The predicted octanol–water partition coefficient (Wildman–Crippen LogP) is 7.03. The number of aromatic hydroxyl groups is 1. The van der Waals surface area contributed by atoms with Crippen LogP contribution in [0.1, 0.15) is 23.5 Å². The third-order valence-corrected chi connectivity index (χ3v) is 8.58. The number of methoxy groups -OCH3 is 2. The smallest absolute Gasteiger partial charge is 0.260 e. The van der Waals surface area contributed by atoms with E-state index < -0.39 is 29.1 Å². The zero-order chi connectivity index (χ0) is 28.8. The molecule has 0 bridgehead atoms. The SMILES string of the molecule is C=CC1=CCC2C(=O)N(Nc3ccc(Cl)cc3Cl)C(=O)C2(c2ccc(OC)cc2)C1c1cc(Br)cc(OC)c1O. The molecule has 2 N–H and O–H groups in total. The lowest BCUT2D eigenvalue weighted by Gasteiger charge is -2.43. The molecule has 3 unspecified atom stereocenters. The fraction of sp³-hybridized carbons (Fsp3) is 0.200. The number of imide groups is 1. The fourth-order valence-electron chi connectivity index (χ4n) is 5.79. The van der Waals surface area contributed by atoms with E-state index in [-0.39, 0.29) is 22.9 Å². The van der Waals surface area contributed by atoms with Crippen molar-refractivity contribution in [1.82, 2.24) is 5.01 Å². The van der Waals surface area contributed by atoms with E-state index in [1.54, 1.807) is 61.7 Å². The molecule has 1 saturated heterocycles. The van der Waals surface area contributed by atoms with Gasteiger partial charge in [-0.05, 0) is 60.0 Å². The molecule has 0 spiro atoms. The van der Waals surface area contributed by atoms with Gasteiger partial charge in [-0.1, -0.05) is 70.0 Å². The largest absolute Gasteiger partial charge is 0.504 e. The highest BCUT2D eigenvalue weighted by Crippen LogP contribution is 2.60. The predicted molar refractivity (Wildman–Crippen MR) is 158 cm³/mol. The lowest BCUT2D eigenvalue weighted by atomic mass is 9.56. The van der Waals surface area contributed by atoms with Crippen LogP contribution < -0.4 is 14.9 Å². The van der Waals surface area contributed by atoms with Crippen molar-refractivity contribution >= 4 is 56.6 Å². The first-order valence-electron chi connectivity index (χ1n) is 12.3. The van der Waals surface area contributed by atoms with Gasteiger partial charge >= 0.3 is 0 Å². The van der Waals surface area contributed by atoms with Crippen LogP contribution in [0.3, 0.4) is 0 Å². The van der Waals surface area contributed by atoms with Crippen LogP contribution >= 0.6 is 39.1 Å². The number of rotatable bonds is 7. The fourth-order valence-corrected chi connectivity index (χ4v) is 6.70. The van der Waals surface area contributed by atoms with Gasteiger partial charge in [0, 0.05) is 21.0 Å². The van der Waals surface area contributed by atoms with E-state index in [2.05, 4.69) is 27.9 Å². The average molecular weight is 644 g/mol. The van der Waals surface area contributed by atoms with Crippen LogP contribution in [0.4, 0.5) is 5.69 Å². The Labute approximate surface area is 250 Å². The molecule has 2 amide bonds. The van der Waals surface area contributed by atoms with Gasteiger partial charge in [0.25, 0.3) is 11.8 Å². The van der Waals surface area contributed by atoms with Gasteiger partial charge in [0.15, 0.2) is 11.5 Å². The summed E-state index contributed by atoms with van der Waals surface area (Å²) in [5.41, 5.74) is 3.50. The number of nitrogens with zero attached hydrogens (tertiary/aromatic N) is 1. The molecule has 5 rings (SSSR count). The van der Waals surface area contributed by atoms with Crippen LogP contribution in [0, 0.1) is 5.92 Å². The Morgan fingerprint density at radius 1 is 1.10 bits per heavy atom. The van der Waals surface area contributed by atoms with E-state index in [0.29, 0.717) is 37.6 Å². The molecular formula is C30H25BrCl2N2O5. The molecule has 0 saturated carbocycles. The average Bonchev–Trinajstić information content (AvgIpc) is 3.17. The highest BCUT2D eigenvalue weighted by atomic mass is 79.9. The van der Waals surface area contributed by atoms with Gasteiger partial charge in [-0.15, -0.1) is 0 Å². The van der Waals surface area contributed by atoms with E-state index in [9.17, 15) is 14.7 Å². The van der Waals surface area contributed by atoms with Crippen LogP contribution in [-0.2, 0) is 15.0 Å². The quantitative estimate of drug-likeness (QED) is 0.269. The number of halogens is 3. The number of amides is 2. The Balaban J connectivity index is 1.78. The van der Waals surface area contributed by atoms with Crippen molar-refractivity contribution in [3.63, 3.8) is 0 Å². The van der Waals surface area contributed by atoms with E-state index in [1.807, 2.05) is 6.08 Å². The van der Waals surface area contributed by atoms with Crippen molar-refractivity contribution in [2.75, 3.05) is 19.6 Å². The number of hydrazine groups is 1. The molecular weight excluding hydrogens is 619 g/mol. The van der Waals surface area contributed by atoms with Crippen LogP contribution in [0.15, 0.2) is 83.4 Å². The van der Waals surface area contributed by atoms with Gasteiger partial charge in [0.1, 0.15) is 5.75 Å². The van der Waals surface area contributed by atoms with Gasteiger partial charge in [-0.3, -0.25) is 15.0 Å². The second-order valence-electron chi connectivity index (χ2n) is 9.49. The summed E-state index contributed by atoms with van der Waals surface area (Å²) in [6.45, 7) is 4.00. The maximum absolute atomic E-state index is 14.8. The third-order valence-electron chi connectivity index (χ3n) is 7.57. The van der Waals surface area contributed by atoms with E-state index >= 15 is 0 Å². The van der Waals surface area contributed by atoms with Crippen molar-refractivity contribution in [1.29, 1.82) is 0 Å². The number of benzene rings is 3. The van der Waals surface area contributed by atoms with Crippen molar-refractivity contribution in [3.8, 4) is 17.2 Å². The number of allylic oxidation sites excluding steroid dienone is 3. The normalized spacial score (nSPS) is 22.0. The maximum atomic E-state index is 14.8. The first-order chi connectivity index (χ1) is 19.2. The summed E-state index contributed by atoms with van der Waals surface area (Å²) in [5, 5.41) is 13.1. The number of fused-ring (bicyclic) bond motifs is 1. The van der Waals surface area contributed by atoms with Gasteiger partial charge in [0.05, 0.1) is 36.3 Å². The van der Waals surface area contributed by atoms with Crippen molar-refractivity contribution in [3.05, 3.63) is 105 Å². The Kier molecular flexibility index (Phi) is 7.61. The Bertz CT molecular complexity index is 1560. The first-order valence-corrected chi connectivity index (χ1v) is 13.9. The molecule has 2 aliphatic rings. The van der Waals surface area contributed by atoms with Crippen molar-refractivity contribution < 1.29 is 24.2 Å². The highest BCUT2D eigenvalue weighted by Gasteiger charge is 2.66. The van der Waals surface area contributed by atoms with Crippen LogP contribution in [0.25, 0.3) is 0 Å². The van der Waals surface area contributed by atoms with Crippen molar-refractivity contribution in [2.45, 2.75) is 17.8 Å². The Morgan fingerprint density at radius 2 is 1.82 bits per heavy atom. The van der Waals surface area contributed by atoms with Gasteiger partial charge in [0.2, 0.25) is 0 Å². The van der Waals surface area contributed by atoms with E-state index in [0.717, 1.165) is 5.01 Å². The summed E-state index contributed by atoms with van der Waals surface area (Å²) in [5.74, 6) is -1.87. The van der Waals surface area contributed by atoms with Gasteiger partial charge in [-0.2, -0.15) is 5.01 Å². The molecule has 206 valence electrons. The number of carbonyl (C=O) groups is 2. The Morgan fingerprint density at radius 3 is 2.45 bits per heavy atom. The maximum Gasteiger partial charge on any atom is 0.260 e. The van der Waals surface area contributed by atoms with Crippen LogP contribution in [-0.4, -0.2) is 36.1 Å². The van der Waals surface area contributed by atoms with E-state index in [1.165, 1.54) is 13.2 Å². The van der Waals surface area contributed by atoms with Gasteiger partial charge < -0.3 is 14.6 Å². The molecule has 3 atom stereocenters. The molecule has 1 aliphatic heterocycles. The second-order valence-corrected chi connectivity index (χ2v) is 11.2.